The molecule has 1 unspecified atom stereocenters. The Hall–Kier alpha value is -0.770. The molecule has 0 radical (unpaired) electrons. The maximum atomic E-state index is 3.64. The lowest BCUT2D eigenvalue weighted by molar-refractivity contribution is 0.539. The SMILES string of the molecule is CC1(CNCc2ccc(-c3ccccc3)s2)CCCS1. The molecule has 0 aliphatic carbocycles. The van der Waals surface area contributed by atoms with Crippen molar-refractivity contribution >= 4 is 23.1 Å². The van der Waals surface area contributed by atoms with Crippen LogP contribution in [0.2, 0.25) is 0 Å². The third-order valence-electron chi connectivity index (χ3n) is 3.82. The number of thioether (sulfide) groups is 1. The zero-order valence-electron chi connectivity index (χ0n) is 11.9. The molecule has 1 aliphatic heterocycles. The summed E-state index contributed by atoms with van der Waals surface area (Å²) in [6.45, 7) is 4.51. The van der Waals surface area contributed by atoms with E-state index in [1.165, 1.54) is 33.9 Å². The van der Waals surface area contributed by atoms with Gasteiger partial charge in [-0.2, -0.15) is 11.8 Å². The third-order valence-corrected chi connectivity index (χ3v) is 6.49. The van der Waals surface area contributed by atoms with Crippen molar-refractivity contribution in [2.75, 3.05) is 12.3 Å². The largest absolute Gasteiger partial charge is 0.310 e. The van der Waals surface area contributed by atoms with E-state index in [9.17, 15) is 0 Å². The number of rotatable bonds is 5. The molecule has 3 heteroatoms. The first-order chi connectivity index (χ1) is 9.75. The maximum absolute atomic E-state index is 3.64. The van der Waals surface area contributed by atoms with Crippen LogP contribution in [-0.4, -0.2) is 17.0 Å². The van der Waals surface area contributed by atoms with Crippen molar-refractivity contribution in [3.63, 3.8) is 0 Å². The van der Waals surface area contributed by atoms with Gasteiger partial charge >= 0.3 is 0 Å². The second-order valence-corrected chi connectivity index (χ2v) is 8.49. The van der Waals surface area contributed by atoms with Crippen LogP contribution in [0.4, 0.5) is 0 Å². The van der Waals surface area contributed by atoms with Crippen LogP contribution in [0.25, 0.3) is 10.4 Å². The number of hydrogen-bond acceptors (Lipinski definition) is 3. The molecule has 0 spiro atoms. The van der Waals surface area contributed by atoms with Gasteiger partial charge < -0.3 is 5.32 Å². The van der Waals surface area contributed by atoms with Crippen molar-refractivity contribution < 1.29 is 0 Å². The van der Waals surface area contributed by atoms with Gasteiger partial charge in [0, 0.05) is 27.6 Å². The molecule has 20 heavy (non-hydrogen) atoms. The minimum Gasteiger partial charge on any atom is -0.310 e. The zero-order valence-corrected chi connectivity index (χ0v) is 13.5. The summed E-state index contributed by atoms with van der Waals surface area (Å²) < 4.78 is 0.458. The Balaban J connectivity index is 1.55. The fraction of sp³-hybridized carbons (Fsp3) is 0.412. The molecule has 3 rings (SSSR count). The first-order valence-corrected chi connectivity index (χ1v) is 9.04. The lowest BCUT2D eigenvalue weighted by Crippen LogP contribution is -2.32. The molecule has 1 saturated heterocycles. The molecule has 0 amide bonds. The average Bonchev–Trinajstić information content (AvgIpc) is 3.10. The van der Waals surface area contributed by atoms with Gasteiger partial charge in [0.25, 0.3) is 0 Å². The Morgan fingerprint density at radius 1 is 1.15 bits per heavy atom. The Bertz CT molecular complexity index is 541. The van der Waals surface area contributed by atoms with E-state index in [1.54, 1.807) is 0 Å². The summed E-state index contributed by atoms with van der Waals surface area (Å²) in [5.41, 5.74) is 1.32. The van der Waals surface area contributed by atoms with Crippen LogP contribution in [0.3, 0.4) is 0 Å². The molecular weight excluding hydrogens is 282 g/mol. The predicted molar refractivity (Wildman–Crippen MR) is 91.6 cm³/mol. The van der Waals surface area contributed by atoms with Crippen LogP contribution in [-0.2, 0) is 6.54 Å². The highest BCUT2D eigenvalue weighted by Crippen LogP contribution is 2.37. The molecule has 106 valence electrons. The van der Waals surface area contributed by atoms with Gasteiger partial charge in [-0.1, -0.05) is 30.3 Å². The molecule has 2 heterocycles. The van der Waals surface area contributed by atoms with E-state index in [2.05, 4.69) is 66.5 Å². The molecule has 1 aromatic carbocycles. The Labute approximate surface area is 129 Å². The van der Waals surface area contributed by atoms with Gasteiger partial charge in [0.2, 0.25) is 0 Å². The Morgan fingerprint density at radius 2 is 2.00 bits per heavy atom. The summed E-state index contributed by atoms with van der Waals surface area (Å²) in [5, 5.41) is 3.64. The lowest BCUT2D eigenvalue weighted by Gasteiger charge is -2.22. The van der Waals surface area contributed by atoms with Crippen LogP contribution in [0.15, 0.2) is 42.5 Å². The molecule has 1 atom stereocenters. The minimum absolute atomic E-state index is 0.458. The topological polar surface area (TPSA) is 12.0 Å². The van der Waals surface area contributed by atoms with E-state index >= 15 is 0 Å². The molecule has 1 aromatic heterocycles. The van der Waals surface area contributed by atoms with Gasteiger partial charge in [0.1, 0.15) is 0 Å². The van der Waals surface area contributed by atoms with Crippen molar-refractivity contribution in [1.29, 1.82) is 0 Å². The van der Waals surface area contributed by atoms with E-state index in [4.69, 9.17) is 0 Å². The lowest BCUT2D eigenvalue weighted by atomic mass is 10.1. The van der Waals surface area contributed by atoms with Gasteiger partial charge in [-0.25, -0.2) is 0 Å². The fourth-order valence-corrected chi connectivity index (χ4v) is 4.91. The number of hydrogen-bond donors (Lipinski definition) is 1. The molecule has 2 aromatic rings. The summed E-state index contributed by atoms with van der Waals surface area (Å²) >= 11 is 4.02. The van der Waals surface area contributed by atoms with Crippen molar-refractivity contribution in [1.82, 2.24) is 5.32 Å². The van der Waals surface area contributed by atoms with Crippen molar-refractivity contribution in [2.24, 2.45) is 0 Å². The molecule has 0 bridgehead atoms. The second kappa shape index (κ2) is 6.33. The van der Waals surface area contributed by atoms with Crippen LogP contribution in [0.5, 0.6) is 0 Å². The quantitative estimate of drug-likeness (QED) is 0.852. The van der Waals surface area contributed by atoms with E-state index < -0.39 is 0 Å². The Morgan fingerprint density at radius 3 is 2.75 bits per heavy atom. The third kappa shape index (κ3) is 3.46. The molecule has 1 fully saturated rings. The summed E-state index contributed by atoms with van der Waals surface area (Å²) in [6, 6.07) is 15.1. The van der Waals surface area contributed by atoms with Crippen LogP contribution in [0, 0.1) is 0 Å². The second-order valence-electron chi connectivity index (χ2n) is 5.64. The van der Waals surface area contributed by atoms with Crippen molar-refractivity contribution in [3.8, 4) is 10.4 Å². The van der Waals surface area contributed by atoms with E-state index in [1.807, 2.05) is 11.3 Å². The Kier molecular flexibility index (Phi) is 4.49. The zero-order chi connectivity index (χ0) is 13.8. The number of nitrogens with one attached hydrogen (secondary N) is 1. The van der Waals surface area contributed by atoms with Gasteiger partial charge in [-0.15, -0.1) is 11.3 Å². The summed E-state index contributed by atoms with van der Waals surface area (Å²) in [4.78, 5) is 2.79. The summed E-state index contributed by atoms with van der Waals surface area (Å²) in [5.74, 6) is 1.33. The highest BCUT2D eigenvalue weighted by Gasteiger charge is 2.28. The fourth-order valence-electron chi connectivity index (χ4n) is 2.66. The molecular formula is C17H21NS2. The molecule has 0 saturated carbocycles. The molecule has 1 aliphatic rings. The summed E-state index contributed by atoms with van der Waals surface area (Å²) in [7, 11) is 0. The number of benzene rings is 1. The maximum Gasteiger partial charge on any atom is 0.0346 e. The van der Waals surface area contributed by atoms with E-state index in [0.29, 0.717) is 4.75 Å². The van der Waals surface area contributed by atoms with Gasteiger partial charge in [-0.3, -0.25) is 0 Å². The first-order valence-electron chi connectivity index (χ1n) is 7.24. The highest BCUT2D eigenvalue weighted by molar-refractivity contribution is 8.00. The predicted octanol–water partition coefficient (Wildman–Crippen LogP) is 4.79. The number of thiophene rings is 1. The van der Waals surface area contributed by atoms with E-state index in [0.717, 1.165) is 13.1 Å². The van der Waals surface area contributed by atoms with Gasteiger partial charge in [-0.05, 0) is 43.2 Å². The van der Waals surface area contributed by atoms with Crippen molar-refractivity contribution in [2.45, 2.75) is 31.1 Å². The van der Waals surface area contributed by atoms with Crippen LogP contribution >= 0.6 is 23.1 Å². The van der Waals surface area contributed by atoms with Gasteiger partial charge in [0.15, 0.2) is 0 Å². The summed E-state index contributed by atoms with van der Waals surface area (Å²) in [6.07, 6.45) is 2.73. The van der Waals surface area contributed by atoms with Crippen LogP contribution < -0.4 is 5.32 Å². The highest BCUT2D eigenvalue weighted by atomic mass is 32.2. The van der Waals surface area contributed by atoms with Crippen molar-refractivity contribution in [3.05, 3.63) is 47.3 Å². The minimum atomic E-state index is 0.458. The molecule has 1 nitrogen and oxygen atoms in total. The monoisotopic (exact) mass is 303 g/mol. The van der Waals surface area contributed by atoms with Gasteiger partial charge in [0.05, 0.1) is 0 Å². The average molecular weight is 303 g/mol. The molecule has 1 N–H and O–H groups in total. The van der Waals surface area contributed by atoms with E-state index in [-0.39, 0.29) is 0 Å². The standard InChI is InChI=1S/C17H21NS2/c1-17(10-5-11-19-17)13-18-12-15-8-9-16(20-15)14-6-3-2-4-7-14/h2-4,6-9,18H,5,10-13H2,1H3. The smallest absolute Gasteiger partial charge is 0.0346 e. The normalized spacial score (nSPS) is 22.2. The van der Waals surface area contributed by atoms with Crippen LogP contribution in [0.1, 0.15) is 24.6 Å². The first kappa shape index (κ1) is 14.2.